The molecule has 3 heterocycles. The maximum atomic E-state index is 5.53. The summed E-state index contributed by atoms with van der Waals surface area (Å²) < 4.78 is 5.53. The summed E-state index contributed by atoms with van der Waals surface area (Å²) in [5.74, 6) is 3.10. The molecule has 3 aromatic rings. The van der Waals surface area contributed by atoms with Crippen LogP contribution in [0.25, 0.3) is 22.6 Å². The highest BCUT2D eigenvalue weighted by molar-refractivity contribution is 5.64. The summed E-state index contributed by atoms with van der Waals surface area (Å²) in [7, 11) is 0. The second kappa shape index (κ2) is 7.19. The summed E-state index contributed by atoms with van der Waals surface area (Å²) in [6.45, 7) is 3.12. The molecule has 1 aliphatic carbocycles. The monoisotopic (exact) mass is 361 g/mol. The second-order valence-corrected chi connectivity index (χ2v) is 7.68. The Morgan fingerprint density at radius 2 is 1.70 bits per heavy atom. The Hall–Kier alpha value is -2.60. The summed E-state index contributed by atoms with van der Waals surface area (Å²) in [5.41, 5.74) is 2.91. The molecule has 5 rings (SSSR count). The molecule has 2 atom stereocenters. The fourth-order valence-corrected chi connectivity index (χ4v) is 4.51. The minimum atomic E-state index is 0.649. The third-order valence-corrected chi connectivity index (χ3v) is 5.90. The van der Waals surface area contributed by atoms with Gasteiger partial charge < -0.3 is 4.52 Å². The van der Waals surface area contributed by atoms with Crippen LogP contribution in [0, 0.1) is 11.8 Å². The van der Waals surface area contributed by atoms with Gasteiger partial charge in [0.05, 0.1) is 12.2 Å². The second-order valence-electron chi connectivity index (χ2n) is 7.68. The van der Waals surface area contributed by atoms with Crippen LogP contribution in [-0.4, -0.2) is 38.1 Å². The largest absolute Gasteiger partial charge is 0.338 e. The van der Waals surface area contributed by atoms with Crippen molar-refractivity contribution in [3.05, 3.63) is 48.7 Å². The van der Waals surface area contributed by atoms with Crippen LogP contribution in [-0.2, 0) is 6.54 Å². The van der Waals surface area contributed by atoms with E-state index in [1.165, 1.54) is 38.8 Å². The molecule has 6 nitrogen and oxygen atoms in total. The summed E-state index contributed by atoms with van der Waals surface area (Å²) in [5, 5.41) is 4.18. The van der Waals surface area contributed by atoms with Crippen LogP contribution in [0.4, 0.5) is 0 Å². The molecular formula is C21H23N5O. The topological polar surface area (TPSA) is 67.9 Å². The van der Waals surface area contributed by atoms with Gasteiger partial charge in [-0.3, -0.25) is 4.90 Å². The summed E-state index contributed by atoms with van der Waals surface area (Å²) in [4.78, 5) is 15.3. The maximum absolute atomic E-state index is 5.53. The quantitative estimate of drug-likeness (QED) is 0.704. The number of benzene rings is 1. The van der Waals surface area contributed by atoms with E-state index in [1.54, 1.807) is 12.5 Å². The molecule has 2 aromatic heterocycles. The van der Waals surface area contributed by atoms with Crippen LogP contribution in [0.3, 0.4) is 0 Å². The third-order valence-electron chi connectivity index (χ3n) is 5.90. The Kier molecular flexibility index (Phi) is 4.41. The van der Waals surface area contributed by atoms with Gasteiger partial charge in [-0.1, -0.05) is 42.3 Å². The molecule has 6 heteroatoms. The Labute approximate surface area is 158 Å². The average Bonchev–Trinajstić information content (AvgIpc) is 3.35. The predicted octanol–water partition coefficient (Wildman–Crippen LogP) is 3.82. The zero-order valence-electron chi connectivity index (χ0n) is 15.3. The van der Waals surface area contributed by atoms with Crippen molar-refractivity contribution in [3.63, 3.8) is 0 Å². The molecule has 1 saturated heterocycles. The van der Waals surface area contributed by atoms with Crippen molar-refractivity contribution in [1.82, 2.24) is 25.0 Å². The third kappa shape index (κ3) is 3.49. The highest BCUT2D eigenvalue weighted by Crippen LogP contribution is 2.36. The number of rotatable bonds is 4. The number of aromatic nitrogens is 4. The Morgan fingerprint density at radius 1 is 0.963 bits per heavy atom. The van der Waals surface area contributed by atoms with E-state index in [-0.39, 0.29) is 0 Å². The van der Waals surface area contributed by atoms with Gasteiger partial charge in [0, 0.05) is 30.4 Å². The van der Waals surface area contributed by atoms with E-state index in [9.17, 15) is 0 Å². The van der Waals surface area contributed by atoms with Crippen molar-refractivity contribution in [2.75, 3.05) is 13.1 Å². The Balaban J connectivity index is 1.27. The summed E-state index contributed by atoms with van der Waals surface area (Å²) >= 11 is 0. The predicted molar refractivity (Wildman–Crippen MR) is 101 cm³/mol. The summed E-state index contributed by atoms with van der Waals surface area (Å²) in [6, 6.07) is 9.97. The van der Waals surface area contributed by atoms with E-state index in [4.69, 9.17) is 4.52 Å². The zero-order chi connectivity index (χ0) is 18.1. The van der Waals surface area contributed by atoms with Crippen LogP contribution < -0.4 is 0 Å². The van der Waals surface area contributed by atoms with Crippen LogP contribution in [0.5, 0.6) is 0 Å². The van der Waals surface area contributed by atoms with E-state index in [0.717, 1.165) is 35.2 Å². The number of fused-ring (bicyclic) bond motifs is 1. The number of hydrogen-bond donors (Lipinski definition) is 0. The first-order valence-corrected chi connectivity index (χ1v) is 9.77. The molecule has 0 bridgehead atoms. The lowest BCUT2D eigenvalue weighted by Crippen LogP contribution is -2.20. The molecule has 0 spiro atoms. The maximum Gasteiger partial charge on any atom is 0.241 e. The summed E-state index contributed by atoms with van der Waals surface area (Å²) in [6.07, 6.45) is 8.86. The number of hydrogen-bond acceptors (Lipinski definition) is 6. The molecule has 0 amide bonds. The van der Waals surface area contributed by atoms with Crippen molar-refractivity contribution in [2.24, 2.45) is 11.8 Å². The van der Waals surface area contributed by atoms with Gasteiger partial charge in [-0.15, -0.1) is 0 Å². The van der Waals surface area contributed by atoms with Crippen LogP contribution in [0.1, 0.15) is 31.6 Å². The highest BCUT2D eigenvalue weighted by atomic mass is 16.5. The fraction of sp³-hybridized carbons (Fsp3) is 0.429. The van der Waals surface area contributed by atoms with Gasteiger partial charge in [0.2, 0.25) is 11.7 Å². The first-order valence-electron chi connectivity index (χ1n) is 9.77. The lowest BCUT2D eigenvalue weighted by Gasteiger charge is -2.23. The number of likely N-dealkylation sites (tertiary alicyclic amines) is 1. The van der Waals surface area contributed by atoms with Crippen molar-refractivity contribution >= 4 is 0 Å². The molecule has 1 aliphatic heterocycles. The van der Waals surface area contributed by atoms with Crippen molar-refractivity contribution < 1.29 is 4.52 Å². The first kappa shape index (κ1) is 16.6. The molecular weight excluding hydrogens is 338 g/mol. The molecule has 0 radical (unpaired) electrons. The van der Waals surface area contributed by atoms with Gasteiger partial charge in [-0.2, -0.15) is 4.98 Å². The van der Waals surface area contributed by atoms with Gasteiger partial charge in [-0.25, -0.2) is 9.97 Å². The Bertz CT molecular complexity index is 878. The van der Waals surface area contributed by atoms with Crippen molar-refractivity contribution in [1.29, 1.82) is 0 Å². The molecule has 2 unspecified atom stereocenters. The van der Waals surface area contributed by atoms with E-state index in [1.807, 2.05) is 30.3 Å². The van der Waals surface area contributed by atoms with Crippen molar-refractivity contribution in [3.8, 4) is 22.6 Å². The zero-order valence-corrected chi connectivity index (χ0v) is 15.3. The molecule has 2 aliphatic rings. The molecule has 0 N–H and O–H groups in total. The van der Waals surface area contributed by atoms with Crippen LogP contribution >= 0.6 is 0 Å². The van der Waals surface area contributed by atoms with E-state index >= 15 is 0 Å². The van der Waals surface area contributed by atoms with Crippen LogP contribution in [0.15, 0.2) is 47.4 Å². The lowest BCUT2D eigenvalue weighted by molar-refractivity contribution is 0.258. The van der Waals surface area contributed by atoms with Gasteiger partial charge in [0.1, 0.15) is 6.33 Å². The van der Waals surface area contributed by atoms with E-state index < -0.39 is 0 Å². The van der Waals surface area contributed by atoms with Crippen LogP contribution in [0.2, 0.25) is 0 Å². The van der Waals surface area contributed by atoms with E-state index in [0.29, 0.717) is 11.7 Å². The smallest absolute Gasteiger partial charge is 0.241 e. The highest BCUT2D eigenvalue weighted by Gasteiger charge is 2.34. The Morgan fingerprint density at radius 3 is 2.41 bits per heavy atom. The first-order chi connectivity index (χ1) is 13.3. The normalized spacial score (nSPS) is 22.7. The average molecular weight is 361 g/mol. The molecule has 27 heavy (non-hydrogen) atoms. The molecule has 2 fully saturated rings. The molecule has 1 saturated carbocycles. The lowest BCUT2D eigenvalue weighted by atomic mass is 9.82. The standard InChI is InChI=1S/C21H23N5O/c1-2-4-18-12-26(11-17(18)3-1)13-20-24-21(25-27-20)16-7-5-15(6-8-16)19-9-10-22-14-23-19/h5-10,14,17-18H,1-4,11-13H2. The van der Waals surface area contributed by atoms with Crippen molar-refractivity contribution in [2.45, 2.75) is 32.2 Å². The minimum Gasteiger partial charge on any atom is -0.338 e. The van der Waals surface area contributed by atoms with Gasteiger partial charge in [0.15, 0.2) is 0 Å². The number of nitrogens with zero attached hydrogens (tertiary/aromatic N) is 5. The fourth-order valence-electron chi connectivity index (χ4n) is 4.51. The SMILES string of the molecule is c1cc(-c2ccc(-c3noc(CN4CC5CCCCC5C4)n3)cc2)ncn1. The van der Waals surface area contributed by atoms with Gasteiger partial charge in [0.25, 0.3) is 0 Å². The van der Waals surface area contributed by atoms with Gasteiger partial charge in [-0.05, 0) is 30.7 Å². The molecule has 1 aromatic carbocycles. The minimum absolute atomic E-state index is 0.649. The van der Waals surface area contributed by atoms with Gasteiger partial charge >= 0.3 is 0 Å². The van der Waals surface area contributed by atoms with E-state index in [2.05, 4.69) is 25.0 Å². The molecule has 138 valence electrons.